The van der Waals surface area contributed by atoms with Crippen LogP contribution in [0.2, 0.25) is 0 Å². The second-order valence-electron chi connectivity index (χ2n) is 6.81. The first-order valence-electron chi connectivity index (χ1n) is 9.05. The summed E-state index contributed by atoms with van der Waals surface area (Å²) < 4.78 is 7.71. The third-order valence-electron chi connectivity index (χ3n) is 4.47. The number of hydrogen-bond acceptors (Lipinski definition) is 5. The fraction of sp³-hybridized carbons (Fsp3) is 0.400. The summed E-state index contributed by atoms with van der Waals surface area (Å²) in [6.07, 6.45) is 1.72. The molecular weight excluding hydrogens is 326 g/mol. The Morgan fingerprint density at radius 1 is 1.23 bits per heavy atom. The maximum atomic E-state index is 5.78. The average Bonchev–Trinajstić information content (AvgIpc) is 2.97. The first kappa shape index (κ1) is 18.4. The number of aryl methyl sites for hydroxylation is 2. The number of nitrogen functional groups attached to an aromatic ring is 1. The number of aromatic nitrogens is 3. The molecule has 6 nitrogen and oxygen atoms in total. The van der Waals surface area contributed by atoms with Crippen LogP contribution in [0.5, 0.6) is 0 Å². The van der Waals surface area contributed by atoms with E-state index in [2.05, 4.69) is 36.4 Å². The molecule has 1 aromatic carbocycles. The zero-order valence-electron chi connectivity index (χ0n) is 15.7. The van der Waals surface area contributed by atoms with Gasteiger partial charge < -0.3 is 10.2 Å². The van der Waals surface area contributed by atoms with Crippen molar-refractivity contribution in [2.24, 2.45) is 12.9 Å². The Morgan fingerprint density at radius 2 is 2.00 bits per heavy atom. The van der Waals surface area contributed by atoms with Gasteiger partial charge in [0, 0.05) is 13.7 Å². The van der Waals surface area contributed by atoms with Crippen LogP contribution >= 0.6 is 0 Å². The van der Waals surface area contributed by atoms with Crippen LogP contribution in [0.4, 0.5) is 5.82 Å². The summed E-state index contributed by atoms with van der Waals surface area (Å²) in [4.78, 5) is 4.64. The molecule has 0 amide bonds. The number of fused-ring (bicyclic) bond motifs is 1. The lowest BCUT2D eigenvalue weighted by Crippen LogP contribution is -2.10. The van der Waals surface area contributed by atoms with Crippen LogP contribution < -0.4 is 11.3 Å². The summed E-state index contributed by atoms with van der Waals surface area (Å²) in [7, 11) is 1.97. The number of nitrogens with one attached hydrogen (secondary N) is 1. The number of hydrazine groups is 1. The van der Waals surface area contributed by atoms with E-state index in [1.807, 2.05) is 36.0 Å². The number of benzene rings is 1. The third-order valence-corrected chi connectivity index (χ3v) is 4.47. The van der Waals surface area contributed by atoms with Crippen LogP contribution in [0.3, 0.4) is 0 Å². The molecule has 0 aliphatic heterocycles. The Bertz CT molecular complexity index is 858. The fourth-order valence-corrected chi connectivity index (χ4v) is 3.17. The molecule has 0 saturated carbocycles. The van der Waals surface area contributed by atoms with E-state index in [1.54, 1.807) is 0 Å². The smallest absolute Gasteiger partial charge is 0.141 e. The average molecular weight is 353 g/mol. The molecule has 0 fully saturated rings. The van der Waals surface area contributed by atoms with Crippen molar-refractivity contribution in [3.63, 3.8) is 0 Å². The highest BCUT2D eigenvalue weighted by atomic mass is 16.5. The molecule has 0 atom stereocenters. The second kappa shape index (κ2) is 8.29. The quantitative estimate of drug-likeness (QED) is 0.368. The Hall–Kier alpha value is -2.44. The van der Waals surface area contributed by atoms with Crippen molar-refractivity contribution < 1.29 is 4.74 Å². The Kier molecular flexibility index (Phi) is 5.85. The first-order valence-corrected chi connectivity index (χ1v) is 9.05. The summed E-state index contributed by atoms with van der Waals surface area (Å²) in [5.41, 5.74) is 8.06. The molecule has 0 bridgehead atoms. The topological polar surface area (TPSA) is 78.0 Å². The molecule has 0 spiro atoms. The summed E-state index contributed by atoms with van der Waals surface area (Å²) in [5, 5.41) is 4.69. The molecule has 2 heterocycles. The molecule has 6 heteroatoms. The van der Waals surface area contributed by atoms with E-state index in [1.165, 1.54) is 11.1 Å². The lowest BCUT2D eigenvalue weighted by molar-refractivity contribution is 0.118. The Balaban J connectivity index is 1.69. The molecule has 138 valence electrons. The number of anilines is 1. The molecule has 26 heavy (non-hydrogen) atoms. The predicted octanol–water partition coefficient (Wildman–Crippen LogP) is 3.53. The van der Waals surface area contributed by atoms with Crippen molar-refractivity contribution in [1.29, 1.82) is 0 Å². The van der Waals surface area contributed by atoms with Crippen molar-refractivity contribution >= 4 is 16.9 Å². The van der Waals surface area contributed by atoms with Gasteiger partial charge in [-0.2, -0.15) is 5.10 Å². The van der Waals surface area contributed by atoms with E-state index in [9.17, 15) is 0 Å². The van der Waals surface area contributed by atoms with Crippen LogP contribution in [0.15, 0.2) is 36.4 Å². The molecule has 0 radical (unpaired) electrons. The van der Waals surface area contributed by atoms with Gasteiger partial charge in [-0.15, -0.1) is 0 Å². The van der Waals surface area contributed by atoms with Crippen molar-refractivity contribution in [1.82, 2.24) is 14.8 Å². The monoisotopic (exact) mass is 353 g/mol. The van der Waals surface area contributed by atoms with Crippen LogP contribution in [0.25, 0.3) is 11.0 Å². The van der Waals surface area contributed by atoms with Gasteiger partial charge in [-0.05, 0) is 36.0 Å². The van der Waals surface area contributed by atoms with Crippen LogP contribution in [0.1, 0.15) is 43.0 Å². The number of nitrogens with two attached hydrogens (primary N) is 1. The van der Waals surface area contributed by atoms with E-state index >= 15 is 0 Å². The standard InChI is InChI=1S/C20H27N5O/c1-14(2)16-12-18(23-21)22-19-17(24-25(3)20(16)19)10-7-11-26-13-15-8-5-4-6-9-15/h4-6,8-9,12,14H,7,10-11,13,21H2,1-3H3,(H,22,23). The summed E-state index contributed by atoms with van der Waals surface area (Å²) >= 11 is 0. The van der Waals surface area contributed by atoms with Crippen molar-refractivity contribution in [3.05, 3.63) is 53.2 Å². The zero-order valence-corrected chi connectivity index (χ0v) is 15.7. The van der Waals surface area contributed by atoms with E-state index in [4.69, 9.17) is 15.7 Å². The molecule has 3 N–H and O–H groups in total. The molecule has 0 unspecified atom stereocenters. The van der Waals surface area contributed by atoms with E-state index < -0.39 is 0 Å². The van der Waals surface area contributed by atoms with Gasteiger partial charge in [0.15, 0.2) is 0 Å². The van der Waals surface area contributed by atoms with Gasteiger partial charge in [0.1, 0.15) is 11.3 Å². The van der Waals surface area contributed by atoms with Crippen LogP contribution in [-0.4, -0.2) is 21.4 Å². The minimum atomic E-state index is 0.366. The van der Waals surface area contributed by atoms with Crippen molar-refractivity contribution in [3.8, 4) is 0 Å². The van der Waals surface area contributed by atoms with Crippen molar-refractivity contribution in [2.75, 3.05) is 12.0 Å². The highest BCUT2D eigenvalue weighted by Crippen LogP contribution is 2.28. The van der Waals surface area contributed by atoms with E-state index in [0.717, 1.165) is 29.6 Å². The molecule has 2 aromatic heterocycles. The third kappa shape index (κ3) is 4.03. The Labute approximate surface area is 154 Å². The lowest BCUT2D eigenvalue weighted by Gasteiger charge is -2.10. The summed E-state index contributed by atoms with van der Waals surface area (Å²) in [6.45, 7) is 5.66. The van der Waals surface area contributed by atoms with Crippen LogP contribution in [0, 0.1) is 0 Å². The first-order chi connectivity index (χ1) is 12.6. The van der Waals surface area contributed by atoms with Gasteiger partial charge in [0.2, 0.25) is 0 Å². The number of nitrogens with zero attached hydrogens (tertiary/aromatic N) is 3. The molecule has 0 aliphatic carbocycles. The van der Waals surface area contributed by atoms with Gasteiger partial charge in [-0.25, -0.2) is 10.8 Å². The summed E-state index contributed by atoms with van der Waals surface area (Å²) in [5.74, 6) is 6.64. The van der Waals surface area contributed by atoms with Gasteiger partial charge in [-0.1, -0.05) is 44.2 Å². The largest absolute Gasteiger partial charge is 0.377 e. The molecular formula is C20H27N5O. The molecule has 3 aromatic rings. The molecule has 0 aliphatic rings. The maximum Gasteiger partial charge on any atom is 0.141 e. The predicted molar refractivity (Wildman–Crippen MR) is 105 cm³/mol. The SMILES string of the molecule is CC(C)c1cc(NN)nc2c(CCCOCc3ccccc3)nn(C)c12. The van der Waals surface area contributed by atoms with Crippen molar-refractivity contribution in [2.45, 2.75) is 39.2 Å². The van der Waals surface area contributed by atoms with E-state index in [0.29, 0.717) is 24.9 Å². The fourth-order valence-electron chi connectivity index (χ4n) is 3.17. The number of pyridine rings is 1. The van der Waals surface area contributed by atoms with Gasteiger partial charge >= 0.3 is 0 Å². The molecule has 0 saturated heterocycles. The van der Waals surface area contributed by atoms with Gasteiger partial charge in [0.25, 0.3) is 0 Å². The number of ether oxygens (including phenoxy) is 1. The van der Waals surface area contributed by atoms with E-state index in [-0.39, 0.29) is 0 Å². The zero-order chi connectivity index (χ0) is 18.5. The van der Waals surface area contributed by atoms with Gasteiger partial charge in [0.05, 0.1) is 17.8 Å². The van der Waals surface area contributed by atoms with Crippen LogP contribution in [-0.2, 0) is 24.8 Å². The minimum Gasteiger partial charge on any atom is -0.377 e. The molecule has 3 rings (SSSR count). The number of rotatable bonds is 8. The second-order valence-corrected chi connectivity index (χ2v) is 6.81. The highest BCUT2D eigenvalue weighted by molar-refractivity contribution is 5.83. The summed E-state index contributed by atoms with van der Waals surface area (Å²) in [6, 6.07) is 12.2. The minimum absolute atomic E-state index is 0.366. The number of hydrogen-bond donors (Lipinski definition) is 2. The highest BCUT2D eigenvalue weighted by Gasteiger charge is 2.17. The Morgan fingerprint density at radius 3 is 2.69 bits per heavy atom. The lowest BCUT2D eigenvalue weighted by atomic mass is 10.0. The normalized spacial score (nSPS) is 11.4. The van der Waals surface area contributed by atoms with Gasteiger partial charge in [-0.3, -0.25) is 4.68 Å². The maximum absolute atomic E-state index is 5.78.